The molecule has 42 heavy (non-hydrogen) atoms. The van der Waals surface area contributed by atoms with E-state index in [0.717, 1.165) is 17.7 Å². The van der Waals surface area contributed by atoms with E-state index in [2.05, 4.69) is 26.3 Å². The number of carbonyl (C=O) groups is 4. The Morgan fingerprint density at radius 1 is 0.857 bits per heavy atom. The van der Waals surface area contributed by atoms with Gasteiger partial charge in [0.1, 0.15) is 18.1 Å². The molecule has 2 rings (SSSR count). The van der Waals surface area contributed by atoms with Crippen molar-refractivity contribution in [2.24, 2.45) is 22.7 Å². The summed E-state index contributed by atoms with van der Waals surface area (Å²) in [4.78, 5) is 56.8. The summed E-state index contributed by atoms with van der Waals surface area (Å²) in [5.74, 6) is -2.10. The van der Waals surface area contributed by atoms with Gasteiger partial charge in [0.05, 0.1) is 12.6 Å². The Kier molecular flexibility index (Phi) is 14.4. The van der Waals surface area contributed by atoms with Gasteiger partial charge in [-0.15, -0.1) is 0 Å². The summed E-state index contributed by atoms with van der Waals surface area (Å²) in [6.45, 7) is 10.8. The number of aliphatic imine (C=N–C) groups is 1. The first-order chi connectivity index (χ1) is 19.9. The van der Waals surface area contributed by atoms with Crippen LogP contribution in [0, 0.1) is 17.8 Å². The van der Waals surface area contributed by atoms with Crippen molar-refractivity contribution < 1.29 is 24.3 Å². The number of aliphatic hydroxyl groups is 1. The van der Waals surface area contributed by atoms with Gasteiger partial charge in [-0.25, -0.2) is 0 Å². The molecule has 1 aromatic rings. The van der Waals surface area contributed by atoms with E-state index in [4.69, 9.17) is 0 Å². The Bertz CT molecular complexity index is 1100. The summed E-state index contributed by atoms with van der Waals surface area (Å²) in [7, 11) is 0. The molecule has 4 amide bonds. The zero-order valence-electron chi connectivity index (χ0n) is 25.9. The molecule has 10 nitrogen and oxygen atoms in total. The number of hydrogen-bond donors (Lipinski definition) is 5. The maximum Gasteiger partial charge on any atom is 0.243 e. The van der Waals surface area contributed by atoms with E-state index in [1.807, 2.05) is 64.1 Å². The van der Waals surface area contributed by atoms with Gasteiger partial charge in [0.25, 0.3) is 0 Å². The number of carbonyl (C=O) groups excluding carboxylic acids is 4. The average Bonchev–Trinajstić information content (AvgIpc) is 3.47. The third-order valence-corrected chi connectivity index (χ3v) is 7.46. The van der Waals surface area contributed by atoms with Crippen molar-refractivity contribution >= 4 is 29.8 Å². The third-order valence-electron chi connectivity index (χ3n) is 7.46. The minimum absolute atomic E-state index is 0.0757. The molecular formula is C32H49N5O5. The summed E-state index contributed by atoms with van der Waals surface area (Å²) in [6.07, 6.45) is 6.43. The molecule has 1 heterocycles. The smallest absolute Gasteiger partial charge is 0.243 e. The molecule has 0 bridgehead atoms. The molecule has 0 radical (unpaired) electrons. The van der Waals surface area contributed by atoms with E-state index in [0.29, 0.717) is 25.7 Å². The highest BCUT2D eigenvalue weighted by Gasteiger charge is 2.32. The van der Waals surface area contributed by atoms with Gasteiger partial charge < -0.3 is 26.4 Å². The van der Waals surface area contributed by atoms with E-state index in [9.17, 15) is 24.3 Å². The summed E-state index contributed by atoms with van der Waals surface area (Å²) < 4.78 is 0. The van der Waals surface area contributed by atoms with E-state index >= 15 is 0 Å². The summed E-state index contributed by atoms with van der Waals surface area (Å²) in [5.41, 5.74) is 1.83. The lowest BCUT2D eigenvalue weighted by Crippen LogP contribution is -2.59. The largest absolute Gasteiger partial charge is 0.394 e. The van der Waals surface area contributed by atoms with Crippen LogP contribution in [0.15, 0.2) is 47.1 Å². The first-order valence-corrected chi connectivity index (χ1v) is 15.0. The molecule has 5 N–H and O–H groups in total. The Morgan fingerprint density at radius 2 is 1.55 bits per heavy atom. The van der Waals surface area contributed by atoms with Gasteiger partial charge in [-0.1, -0.05) is 77.4 Å². The Balaban J connectivity index is 2.05. The van der Waals surface area contributed by atoms with E-state index in [1.54, 1.807) is 20.1 Å². The molecule has 0 aromatic heterocycles. The zero-order chi connectivity index (χ0) is 31.2. The molecule has 0 aliphatic carbocycles. The lowest BCUT2D eigenvalue weighted by atomic mass is 9.96. The Labute approximate surface area is 250 Å². The van der Waals surface area contributed by atoms with Crippen molar-refractivity contribution in [1.82, 2.24) is 21.3 Å². The minimum Gasteiger partial charge on any atom is -0.394 e. The number of hydrogen-bond acceptors (Lipinski definition) is 6. The van der Waals surface area contributed by atoms with Crippen LogP contribution in [0.4, 0.5) is 0 Å². The van der Waals surface area contributed by atoms with Gasteiger partial charge in [-0.3, -0.25) is 24.2 Å². The van der Waals surface area contributed by atoms with Crippen molar-refractivity contribution in [2.75, 3.05) is 6.61 Å². The van der Waals surface area contributed by atoms with Crippen LogP contribution in [0.2, 0.25) is 0 Å². The van der Waals surface area contributed by atoms with Gasteiger partial charge in [-0.2, -0.15) is 0 Å². The maximum atomic E-state index is 13.5. The standard InChI is InChI=1S/C32H49N5O5/c1-7-21(4)28(32(42)35-26(19-38)18-24-12-9-8-10-13-24)37-31(41)27(16-20(2)3)36-30(40)23(6)34-29(39)22(5)17-25-14-11-15-33-25/h8-10,12-15,20-23,26-28,38H,7,11,16-19H2,1-6H3,(H,34,39)(H,35,42)(H,36,40)(H,37,41)/t21?,22-,23-,26-,27-,28-/m1/s1. The molecule has 1 unspecified atom stereocenters. The molecule has 1 aromatic carbocycles. The predicted molar refractivity (Wildman–Crippen MR) is 165 cm³/mol. The van der Waals surface area contributed by atoms with Gasteiger partial charge in [0.15, 0.2) is 0 Å². The van der Waals surface area contributed by atoms with Gasteiger partial charge in [0.2, 0.25) is 23.6 Å². The van der Waals surface area contributed by atoms with Crippen LogP contribution in [0.25, 0.3) is 0 Å². The molecule has 0 fully saturated rings. The minimum atomic E-state index is -0.899. The van der Waals surface area contributed by atoms with Crippen molar-refractivity contribution in [3.8, 4) is 0 Å². The van der Waals surface area contributed by atoms with Gasteiger partial charge in [0, 0.05) is 30.7 Å². The van der Waals surface area contributed by atoms with E-state index < -0.39 is 41.9 Å². The zero-order valence-corrected chi connectivity index (χ0v) is 25.9. The number of aliphatic hydroxyl groups excluding tert-OH is 1. The molecule has 1 aliphatic rings. The van der Waals surface area contributed by atoms with Crippen LogP contribution in [-0.2, 0) is 25.6 Å². The molecule has 232 valence electrons. The molecule has 6 atom stereocenters. The van der Waals surface area contributed by atoms with Crippen molar-refractivity contribution in [1.29, 1.82) is 0 Å². The third kappa shape index (κ3) is 11.4. The first-order valence-electron chi connectivity index (χ1n) is 15.0. The van der Waals surface area contributed by atoms with Gasteiger partial charge >= 0.3 is 0 Å². The molecule has 0 saturated heterocycles. The van der Waals surface area contributed by atoms with Crippen molar-refractivity contribution in [3.63, 3.8) is 0 Å². The Morgan fingerprint density at radius 3 is 2.12 bits per heavy atom. The SMILES string of the molecule is CCC(C)[C@@H](NC(=O)[C@@H](CC(C)C)NC(=O)[C@@H](C)NC(=O)[C@H](C)CC1=CCC=N1)C(=O)N[C@@H](CO)Cc1ccccc1. The Hall–Kier alpha value is -3.53. The summed E-state index contributed by atoms with van der Waals surface area (Å²) in [5, 5.41) is 21.2. The topological polar surface area (TPSA) is 149 Å². The fourth-order valence-electron chi connectivity index (χ4n) is 4.68. The van der Waals surface area contributed by atoms with Crippen molar-refractivity contribution in [3.05, 3.63) is 47.7 Å². The maximum absolute atomic E-state index is 13.5. The van der Waals surface area contributed by atoms with E-state index in [1.165, 1.54) is 0 Å². The number of nitrogens with one attached hydrogen (secondary N) is 4. The van der Waals surface area contributed by atoms with Gasteiger partial charge in [-0.05, 0) is 37.2 Å². The fraction of sp³-hybridized carbons (Fsp3) is 0.594. The van der Waals surface area contributed by atoms with Crippen LogP contribution < -0.4 is 21.3 Å². The van der Waals surface area contributed by atoms with Crippen LogP contribution in [0.1, 0.15) is 72.8 Å². The highest BCUT2D eigenvalue weighted by Crippen LogP contribution is 2.17. The number of rotatable bonds is 17. The van der Waals surface area contributed by atoms with Crippen LogP contribution in [0.3, 0.4) is 0 Å². The van der Waals surface area contributed by atoms with Crippen LogP contribution in [0.5, 0.6) is 0 Å². The lowest BCUT2D eigenvalue weighted by molar-refractivity contribution is -0.135. The predicted octanol–water partition coefficient (Wildman–Crippen LogP) is 2.66. The van der Waals surface area contributed by atoms with Crippen LogP contribution >= 0.6 is 0 Å². The molecule has 10 heteroatoms. The summed E-state index contributed by atoms with van der Waals surface area (Å²) in [6, 6.07) is 6.41. The molecule has 0 spiro atoms. The number of nitrogens with zero attached hydrogens (tertiary/aromatic N) is 1. The second kappa shape index (κ2) is 17.4. The molecular weight excluding hydrogens is 534 g/mol. The second-order valence-electron chi connectivity index (χ2n) is 11.7. The van der Waals surface area contributed by atoms with E-state index in [-0.39, 0.29) is 30.3 Å². The highest BCUT2D eigenvalue weighted by molar-refractivity contribution is 5.94. The quantitative estimate of drug-likeness (QED) is 0.191. The number of allylic oxidation sites excluding steroid dienone is 2. The first kappa shape index (κ1) is 34.7. The average molecular weight is 584 g/mol. The molecule has 0 saturated carbocycles. The fourth-order valence-corrected chi connectivity index (χ4v) is 4.68. The lowest BCUT2D eigenvalue weighted by Gasteiger charge is -2.29. The summed E-state index contributed by atoms with van der Waals surface area (Å²) >= 11 is 0. The normalized spacial score (nSPS) is 16.9. The molecule has 1 aliphatic heterocycles. The number of benzene rings is 1. The number of amides is 4. The monoisotopic (exact) mass is 583 g/mol. The second-order valence-corrected chi connectivity index (χ2v) is 11.7. The van der Waals surface area contributed by atoms with Crippen molar-refractivity contribution in [2.45, 2.75) is 97.8 Å². The highest BCUT2D eigenvalue weighted by atomic mass is 16.3. The van der Waals surface area contributed by atoms with Crippen LogP contribution in [-0.4, -0.2) is 65.7 Å².